The van der Waals surface area contributed by atoms with Crippen LogP contribution in [0.4, 0.5) is 11.4 Å². The van der Waals surface area contributed by atoms with Gasteiger partial charge in [-0.1, -0.05) is 31.7 Å². The van der Waals surface area contributed by atoms with Gasteiger partial charge in [0.2, 0.25) is 5.91 Å². The number of nitrogen functional groups attached to an aromatic ring is 1. The zero-order chi connectivity index (χ0) is 14.8. The second kappa shape index (κ2) is 6.08. The Balaban J connectivity index is 1.63. The fraction of sp³-hybridized carbons (Fsp3) is 0.611. The summed E-state index contributed by atoms with van der Waals surface area (Å²) < 4.78 is 0. The van der Waals surface area contributed by atoms with Gasteiger partial charge < -0.3 is 11.1 Å². The highest BCUT2D eigenvalue weighted by Crippen LogP contribution is 2.43. The molecule has 1 aromatic carbocycles. The summed E-state index contributed by atoms with van der Waals surface area (Å²) in [6.07, 6.45) is 8.77. The summed E-state index contributed by atoms with van der Waals surface area (Å²) in [4.78, 5) is 12.5. The molecule has 0 aromatic heterocycles. The SMILES string of the molecule is Cc1ccc(NC(=O)C2CCC3CCCCC3C2)c(N)c1. The fourth-order valence-corrected chi connectivity index (χ4v) is 4.14. The fourth-order valence-electron chi connectivity index (χ4n) is 4.14. The van der Waals surface area contributed by atoms with Crippen molar-refractivity contribution in [2.75, 3.05) is 11.1 Å². The van der Waals surface area contributed by atoms with Crippen LogP contribution in [0.2, 0.25) is 0 Å². The van der Waals surface area contributed by atoms with Crippen molar-refractivity contribution in [3.05, 3.63) is 23.8 Å². The molecule has 21 heavy (non-hydrogen) atoms. The molecule has 0 heterocycles. The Labute approximate surface area is 127 Å². The van der Waals surface area contributed by atoms with Gasteiger partial charge in [0.25, 0.3) is 0 Å². The van der Waals surface area contributed by atoms with E-state index in [0.717, 1.165) is 35.9 Å². The number of rotatable bonds is 2. The predicted molar refractivity (Wildman–Crippen MR) is 87.0 cm³/mol. The lowest BCUT2D eigenvalue weighted by Gasteiger charge is -2.38. The van der Waals surface area contributed by atoms with Crippen LogP contribution in [-0.2, 0) is 4.79 Å². The van der Waals surface area contributed by atoms with Crippen molar-refractivity contribution in [3.8, 4) is 0 Å². The number of aryl methyl sites for hydroxylation is 1. The van der Waals surface area contributed by atoms with E-state index >= 15 is 0 Å². The Morgan fingerprint density at radius 3 is 2.67 bits per heavy atom. The zero-order valence-electron chi connectivity index (χ0n) is 12.9. The summed E-state index contributed by atoms with van der Waals surface area (Å²) in [5, 5.41) is 3.04. The van der Waals surface area contributed by atoms with Crippen LogP contribution in [0.25, 0.3) is 0 Å². The highest BCUT2D eigenvalue weighted by molar-refractivity contribution is 5.95. The van der Waals surface area contributed by atoms with E-state index in [0.29, 0.717) is 5.69 Å². The summed E-state index contributed by atoms with van der Waals surface area (Å²) in [7, 11) is 0. The Kier molecular flexibility index (Phi) is 4.18. The minimum atomic E-state index is 0.162. The van der Waals surface area contributed by atoms with Gasteiger partial charge in [0.15, 0.2) is 0 Å². The van der Waals surface area contributed by atoms with E-state index in [1.54, 1.807) is 0 Å². The van der Waals surface area contributed by atoms with Crippen LogP contribution < -0.4 is 11.1 Å². The van der Waals surface area contributed by atoms with E-state index in [9.17, 15) is 4.79 Å². The molecule has 1 amide bonds. The van der Waals surface area contributed by atoms with Crippen molar-refractivity contribution in [2.24, 2.45) is 17.8 Å². The average molecular weight is 286 g/mol. The van der Waals surface area contributed by atoms with Crippen LogP contribution in [-0.4, -0.2) is 5.91 Å². The number of nitrogens with two attached hydrogens (primary N) is 1. The highest BCUT2D eigenvalue weighted by Gasteiger charge is 2.35. The van der Waals surface area contributed by atoms with Crippen molar-refractivity contribution < 1.29 is 4.79 Å². The van der Waals surface area contributed by atoms with Crippen LogP contribution in [0.5, 0.6) is 0 Å². The average Bonchev–Trinajstić information content (AvgIpc) is 2.49. The number of carbonyl (C=O) groups is 1. The number of benzene rings is 1. The molecule has 2 fully saturated rings. The predicted octanol–water partition coefficient (Wildman–Crippen LogP) is 4.12. The Morgan fingerprint density at radius 1 is 1.14 bits per heavy atom. The van der Waals surface area contributed by atoms with E-state index in [1.807, 2.05) is 25.1 Å². The first-order valence-corrected chi connectivity index (χ1v) is 8.30. The molecule has 2 saturated carbocycles. The third-order valence-electron chi connectivity index (χ3n) is 5.38. The largest absolute Gasteiger partial charge is 0.397 e. The van der Waals surface area contributed by atoms with Gasteiger partial charge in [-0.25, -0.2) is 0 Å². The van der Waals surface area contributed by atoms with Crippen molar-refractivity contribution >= 4 is 17.3 Å². The van der Waals surface area contributed by atoms with Crippen LogP contribution in [0.15, 0.2) is 18.2 Å². The number of hydrogen-bond donors (Lipinski definition) is 2. The van der Waals surface area contributed by atoms with E-state index in [-0.39, 0.29) is 11.8 Å². The number of fused-ring (bicyclic) bond motifs is 1. The first-order chi connectivity index (χ1) is 10.1. The van der Waals surface area contributed by atoms with E-state index in [1.165, 1.54) is 32.1 Å². The lowest BCUT2D eigenvalue weighted by atomic mass is 9.67. The summed E-state index contributed by atoms with van der Waals surface area (Å²) in [6.45, 7) is 2.01. The molecule has 3 N–H and O–H groups in total. The number of nitrogens with one attached hydrogen (secondary N) is 1. The number of anilines is 2. The zero-order valence-corrected chi connectivity index (χ0v) is 12.9. The quantitative estimate of drug-likeness (QED) is 0.803. The van der Waals surface area contributed by atoms with E-state index in [4.69, 9.17) is 5.73 Å². The second-order valence-corrected chi connectivity index (χ2v) is 6.89. The minimum Gasteiger partial charge on any atom is -0.397 e. The van der Waals surface area contributed by atoms with Gasteiger partial charge in [-0.3, -0.25) is 4.79 Å². The van der Waals surface area contributed by atoms with Gasteiger partial charge in [0.1, 0.15) is 0 Å². The van der Waals surface area contributed by atoms with Crippen molar-refractivity contribution in [2.45, 2.75) is 51.9 Å². The van der Waals surface area contributed by atoms with Crippen molar-refractivity contribution in [3.63, 3.8) is 0 Å². The maximum Gasteiger partial charge on any atom is 0.227 e. The standard InChI is InChI=1S/C18H26N2O/c1-12-6-9-17(16(19)10-12)20-18(21)15-8-7-13-4-2-3-5-14(13)11-15/h6,9-10,13-15H,2-5,7-8,11,19H2,1H3,(H,20,21). The molecule has 2 aliphatic carbocycles. The molecule has 3 atom stereocenters. The first-order valence-electron chi connectivity index (χ1n) is 8.30. The number of carbonyl (C=O) groups excluding carboxylic acids is 1. The molecule has 2 aliphatic rings. The monoisotopic (exact) mass is 286 g/mol. The first kappa shape index (κ1) is 14.4. The Hall–Kier alpha value is -1.51. The summed E-state index contributed by atoms with van der Waals surface area (Å²) in [5.41, 5.74) is 8.53. The third-order valence-corrected chi connectivity index (χ3v) is 5.38. The van der Waals surface area contributed by atoms with Gasteiger partial charge in [-0.15, -0.1) is 0 Å². The molecule has 0 saturated heterocycles. The summed E-state index contributed by atoms with van der Waals surface area (Å²) >= 11 is 0. The number of amides is 1. The van der Waals surface area contributed by atoms with Gasteiger partial charge in [-0.2, -0.15) is 0 Å². The smallest absolute Gasteiger partial charge is 0.227 e. The van der Waals surface area contributed by atoms with Gasteiger partial charge >= 0.3 is 0 Å². The van der Waals surface area contributed by atoms with Crippen LogP contribution in [0.1, 0.15) is 50.5 Å². The molecule has 0 aliphatic heterocycles. The molecule has 3 unspecified atom stereocenters. The molecule has 0 bridgehead atoms. The molecule has 0 spiro atoms. The molecule has 114 valence electrons. The van der Waals surface area contributed by atoms with Crippen LogP contribution >= 0.6 is 0 Å². The van der Waals surface area contributed by atoms with Gasteiger partial charge in [0.05, 0.1) is 11.4 Å². The topological polar surface area (TPSA) is 55.1 Å². The van der Waals surface area contributed by atoms with E-state index in [2.05, 4.69) is 5.32 Å². The molecule has 3 nitrogen and oxygen atoms in total. The molecule has 0 radical (unpaired) electrons. The summed E-state index contributed by atoms with van der Waals surface area (Å²) in [6, 6.07) is 5.81. The van der Waals surface area contributed by atoms with Gasteiger partial charge in [-0.05, 0) is 55.7 Å². The second-order valence-electron chi connectivity index (χ2n) is 6.89. The van der Waals surface area contributed by atoms with Crippen molar-refractivity contribution in [1.29, 1.82) is 0 Å². The molecule has 3 rings (SSSR count). The van der Waals surface area contributed by atoms with Gasteiger partial charge in [0, 0.05) is 5.92 Å². The minimum absolute atomic E-state index is 0.162. The molecule has 3 heteroatoms. The third kappa shape index (κ3) is 3.22. The van der Waals surface area contributed by atoms with Crippen LogP contribution in [0, 0.1) is 24.7 Å². The van der Waals surface area contributed by atoms with Crippen molar-refractivity contribution in [1.82, 2.24) is 0 Å². The Bertz CT molecular complexity index is 526. The maximum absolute atomic E-state index is 12.5. The van der Waals surface area contributed by atoms with E-state index < -0.39 is 0 Å². The molecular weight excluding hydrogens is 260 g/mol. The lowest BCUT2D eigenvalue weighted by molar-refractivity contribution is -0.122. The summed E-state index contributed by atoms with van der Waals surface area (Å²) in [5.74, 6) is 1.99. The maximum atomic E-state index is 12.5. The number of hydrogen-bond acceptors (Lipinski definition) is 2. The lowest BCUT2D eigenvalue weighted by Crippen LogP contribution is -2.34. The normalized spacial score (nSPS) is 28.7. The molecular formula is C18H26N2O. The highest BCUT2D eigenvalue weighted by atomic mass is 16.1. The Morgan fingerprint density at radius 2 is 1.90 bits per heavy atom. The molecule has 1 aromatic rings. The van der Waals surface area contributed by atoms with Crippen LogP contribution in [0.3, 0.4) is 0 Å².